The van der Waals surface area contributed by atoms with E-state index >= 15 is 0 Å². The number of carbonyl (C=O) groups is 1. The van der Waals surface area contributed by atoms with E-state index in [4.69, 9.17) is 4.74 Å². The number of hydrogen-bond donors (Lipinski definition) is 0. The summed E-state index contributed by atoms with van der Waals surface area (Å²) in [5.41, 5.74) is 3.70. The molecule has 0 spiro atoms. The van der Waals surface area contributed by atoms with E-state index in [9.17, 15) is 4.79 Å². The second-order valence-corrected chi connectivity index (χ2v) is 4.94. The quantitative estimate of drug-likeness (QED) is 0.764. The molecular weight excluding hydrogens is 236 g/mol. The highest BCUT2D eigenvalue weighted by Gasteiger charge is 2.19. The zero-order valence-electron chi connectivity index (χ0n) is 11.0. The molecule has 19 heavy (non-hydrogen) atoms. The van der Waals surface area contributed by atoms with Crippen molar-refractivity contribution >= 4 is 5.78 Å². The summed E-state index contributed by atoms with van der Waals surface area (Å²) in [6, 6.07) is 13.5. The van der Waals surface area contributed by atoms with E-state index in [0.29, 0.717) is 17.7 Å². The molecular formula is C17H16O2. The van der Waals surface area contributed by atoms with Gasteiger partial charge in [0.1, 0.15) is 5.75 Å². The Morgan fingerprint density at radius 3 is 2.68 bits per heavy atom. The average molecular weight is 252 g/mol. The van der Waals surface area contributed by atoms with E-state index in [1.165, 1.54) is 0 Å². The fourth-order valence-electron chi connectivity index (χ4n) is 2.43. The standard InChI is InChI=1S/C17H16O2/c1-12-7-9-13(10-8-12)16(18)15-6-2-4-14-5-3-11-19-17(14)15/h2,4,6-10H,3,5,11H2,1H3. The number of carbonyl (C=O) groups excluding carboxylic acids is 1. The van der Waals surface area contributed by atoms with Gasteiger partial charge in [0.15, 0.2) is 5.78 Å². The van der Waals surface area contributed by atoms with E-state index in [0.717, 1.165) is 29.7 Å². The maximum Gasteiger partial charge on any atom is 0.196 e. The van der Waals surface area contributed by atoms with E-state index in [-0.39, 0.29) is 5.78 Å². The molecule has 0 amide bonds. The Kier molecular flexibility index (Phi) is 3.08. The van der Waals surface area contributed by atoms with Gasteiger partial charge in [0, 0.05) is 5.56 Å². The van der Waals surface area contributed by atoms with Gasteiger partial charge in [-0.1, -0.05) is 42.0 Å². The van der Waals surface area contributed by atoms with Crippen LogP contribution in [-0.2, 0) is 6.42 Å². The second kappa shape index (κ2) is 4.88. The Morgan fingerprint density at radius 1 is 1.11 bits per heavy atom. The Balaban J connectivity index is 2.02. The normalized spacial score (nSPS) is 13.5. The van der Waals surface area contributed by atoms with Gasteiger partial charge >= 0.3 is 0 Å². The van der Waals surface area contributed by atoms with Crippen LogP contribution in [0.1, 0.15) is 33.5 Å². The number of ketones is 1. The van der Waals surface area contributed by atoms with Gasteiger partial charge < -0.3 is 4.74 Å². The molecule has 0 bridgehead atoms. The zero-order chi connectivity index (χ0) is 13.2. The van der Waals surface area contributed by atoms with Crippen molar-refractivity contribution in [2.75, 3.05) is 6.61 Å². The summed E-state index contributed by atoms with van der Waals surface area (Å²) in [4.78, 5) is 12.5. The number of aryl methyl sites for hydroxylation is 2. The predicted octanol–water partition coefficient (Wildman–Crippen LogP) is 3.55. The van der Waals surface area contributed by atoms with Gasteiger partial charge in [0.25, 0.3) is 0 Å². The third-order valence-corrected chi connectivity index (χ3v) is 3.49. The Morgan fingerprint density at radius 2 is 1.89 bits per heavy atom. The summed E-state index contributed by atoms with van der Waals surface area (Å²) in [7, 11) is 0. The van der Waals surface area contributed by atoms with Crippen molar-refractivity contribution in [1.82, 2.24) is 0 Å². The molecule has 1 heterocycles. The summed E-state index contributed by atoms with van der Waals surface area (Å²) in [6.45, 7) is 2.72. The Bertz CT molecular complexity index is 612. The zero-order valence-corrected chi connectivity index (χ0v) is 11.0. The SMILES string of the molecule is Cc1ccc(C(=O)c2cccc3c2OCCC3)cc1. The maximum atomic E-state index is 12.5. The van der Waals surface area contributed by atoms with Crippen LogP contribution in [0.2, 0.25) is 0 Å². The third kappa shape index (κ3) is 2.26. The fraction of sp³-hybridized carbons (Fsp3) is 0.235. The molecule has 1 aliphatic rings. The summed E-state index contributed by atoms with van der Waals surface area (Å²) in [5.74, 6) is 0.818. The fourth-order valence-corrected chi connectivity index (χ4v) is 2.43. The van der Waals surface area contributed by atoms with Gasteiger partial charge in [-0.15, -0.1) is 0 Å². The van der Waals surface area contributed by atoms with Crippen molar-refractivity contribution in [3.63, 3.8) is 0 Å². The number of benzene rings is 2. The monoisotopic (exact) mass is 252 g/mol. The lowest BCUT2D eigenvalue weighted by molar-refractivity contribution is 0.103. The largest absolute Gasteiger partial charge is 0.493 e. The first-order valence-corrected chi connectivity index (χ1v) is 6.62. The summed E-state index contributed by atoms with van der Waals surface area (Å²) in [6.07, 6.45) is 2.01. The van der Waals surface area contributed by atoms with Crippen LogP contribution in [0.5, 0.6) is 5.75 Å². The lowest BCUT2D eigenvalue weighted by Gasteiger charge is -2.19. The molecule has 3 rings (SSSR count). The average Bonchev–Trinajstić information content (AvgIpc) is 2.47. The highest BCUT2D eigenvalue weighted by Crippen LogP contribution is 2.30. The van der Waals surface area contributed by atoms with Crippen molar-refractivity contribution in [3.05, 3.63) is 64.7 Å². The molecule has 0 fully saturated rings. The van der Waals surface area contributed by atoms with Crippen molar-refractivity contribution in [2.24, 2.45) is 0 Å². The first kappa shape index (κ1) is 12.0. The Hall–Kier alpha value is -2.09. The Labute approximate surface area is 113 Å². The van der Waals surface area contributed by atoms with Crippen LogP contribution in [0.15, 0.2) is 42.5 Å². The molecule has 2 heteroatoms. The number of fused-ring (bicyclic) bond motifs is 1. The van der Waals surface area contributed by atoms with E-state index in [1.807, 2.05) is 49.4 Å². The molecule has 2 aromatic rings. The molecule has 96 valence electrons. The van der Waals surface area contributed by atoms with Crippen molar-refractivity contribution < 1.29 is 9.53 Å². The number of rotatable bonds is 2. The van der Waals surface area contributed by atoms with Gasteiger partial charge in [-0.2, -0.15) is 0 Å². The van der Waals surface area contributed by atoms with E-state index < -0.39 is 0 Å². The van der Waals surface area contributed by atoms with Crippen LogP contribution in [-0.4, -0.2) is 12.4 Å². The number of hydrogen-bond acceptors (Lipinski definition) is 2. The van der Waals surface area contributed by atoms with Crippen LogP contribution in [0, 0.1) is 6.92 Å². The molecule has 2 aromatic carbocycles. The highest BCUT2D eigenvalue weighted by molar-refractivity contribution is 6.11. The van der Waals surface area contributed by atoms with Crippen LogP contribution >= 0.6 is 0 Å². The van der Waals surface area contributed by atoms with Gasteiger partial charge in [-0.3, -0.25) is 4.79 Å². The number of ether oxygens (including phenoxy) is 1. The number of para-hydroxylation sites is 1. The predicted molar refractivity (Wildman–Crippen MR) is 74.9 cm³/mol. The van der Waals surface area contributed by atoms with Gasteiger partial charge in [-0.05, 0) is 31.4 Å². The molecule has 0 saturated carbocycles. The minimum Gasteiger partial charge on any atom is -0.493 e. The van der Waals surface area contributed by atoms with Crippen LogP contribution in [0.3, 0.4) is 0 Å². The van der Waals surface area contributed by atoms with Crippen molar-refractivity contribution in [1.29, 1.82) is 0 Å². The molecule has 2 nitrogen and oxygen atoms in total. The van der Waals surface area contributed by atoms with Crippen LogP contribution in [0.4, 0.5) is 0 Å². The van der Waals surface area contributed by atoms with E-state index in [2.05, 4.69) is 0 Å². The van der Waals surface area contributed by atoms with Gasteiger partial charge in [-0.25, -0.2) is 0 Å². The minimum atomic E-state index is 0.0405. The molecule has 0 unspecified atom stereocenters. The first-order chi connectivity index (χ1) is 9.25. The van der Waals surface area contributed by atoms with Crippen molar-refractivity contribution in [2.45, 2.75) is 19.8 Å². The molecule has 0 N–H and O–H groups in total. The lowest BCUT2D eigenvalue weighted by Crippen LogP contribution is -2.13. The van der Waals surface area contributed by atoms with Crippen LogP contribution < -0.4 is 4.74 Å². The molecule has 0 saturated heterocycles. The lowest BCUT2D eigenvalue weighted by atomic mass is 9.96. The summed E-state index contributed by atoms with van der Waals surface area (Å²) >= 11 is 0. The summed E-state index contributed by atoms with van der Waals surface area (Å²) < 4.78 is 5.70. The molecule has 0 radical (unpaired) electrons. The first-order valence-electron chi connectivity index (χ1n) is 6.62. The molecule has 1 aliphatic heterocycles. The molecule has 0 aromatic heterocycles. The van der Waals surface area contributed by atoms with E-state index in [1.54, 1.807) is 0 Å². The van der Waals surface area contributed by atoms with Gasteiger partial charge in [0.05, 0.1) is 12.2 Å². The molecule has 0 aliphatic carbocycles. The molecule has 0 atom stereocenters. The summed E-state index contributed by atoms with van der Waals surface area (Å²) in [5, 5.41) is 0. The van der Waals surface area contributed by atoms with Gasteiger partial charge in [0.2, 0.25) is 0 Å². The highest BCUT2D eigenvalue weighted by atomic mass is 16.5. The second-order valence-electron chi connectivity index (χ2n) is 4.94. The van der Waals surface area contributed by atoms with Crippen LogP contribution in [0.25, 0.3) is 0 Å². The smallest absolute Gasteiger partial charge is 0.196 e. The topological polar surface area (TPSA) is 26.3 Å². The minimum absolute atomic E-state index is 0.0405. The maximum absolute atomic E-state index is 12.5. The third-order valence-electron chi connectivity index (χ3n) is 3.49. The van der Waals surface area contributed by atoms with Crippen molar-refractivity contribution in [3.8, 4) is 5.75 Å².